The number of nitrogens with one attached hydrogen (secondary N) is 1. The molecule has 1 saturated heterocycles. The fourth-order valence-electron chi connectivity index (χ4n) is 4.06. The number of ketones is 1. The van der Waals surface area contributed by atoms with Crippen LogP contribution in [0.25, 0.3) is 5.76 Å². The molecule has 0 saturated carbocycles. The Labute approximate surface area is 187 Å². The maximum atomic E-state index is 14.1. The van der Waals surface area contributed by atoms with E-state index >= 15 is 0 Å². The summed E-state index contributed by atoms with van der Waals surface area (Å²) in [5.74, 6) is -3.28. The number of Topliss-reactive ketones (excluding diaryl/α,β-unsaturated/α-hetero) is 1. The number of esters is 1. The summed E-state index contributed by atoms with van der Waals surface area (Å²) in [6, 6.07) is 5.61. The van der Waals surface area contributed by atoms with Crippen LogP contribution in [0.3, 0.4) is 0 Å². The first-order valence-corrected chi connectivity index (χ1v) is 9.93. The lowest BCUT2D eigenvalue weighted by Crippen LogP contribution is -2.29. The van der Waals surface area contributed by atoms with Crippen LogP contribution < -0.4 is 4.90 Å². The van der Waals surface area contributed by atoms with Gasteiger partial charge in [-0.2, -0.15) is 0 Å². The van der Waals surface area contributed by atoms with Crippen LogP contribution in [0, 0.1) is 26.6 Å². The van der Waals surface area contributed by atoms with Gasteiger partial charge in [-0.25, -0.2) is 9.18 Å². The molecule has 1 aliphatic rings. The molecule has 2 N–H and O–H groups in total. The average molecular weight is 453 g/mol. The van der Waals surface area contributed by atoms with Crippen molar-refractivity contribution in [1.82, 2.24) is 10.1 Å². The van der Waals surface area contributed by atoms with Crippen LogP contribution in [0.15, 0.2) is 40.4 Å². The van der Waals surface area contributed by atoms with Crippen molar-refractivity contribution in [2.45, 2.75) is 26.8 Å². The fraction of sp³-hybridized carbons (Fsp3) is 0.217. The van der Waals surface area contributed by atoms with Gasteiger partial charge in [0.1, 0.15) is 17.3 Å². The summed E-state index contributed by atoms with van der Waals surface area (Å²) in [4.78, 5) is 42.2. The normalized spacial score (nSPS) is 17.6. The molecule has 1 fully saturated rings. The van der Waals surface area contributed by atoms with Gasteiger partial charge in [-0.3, -0.25) is 14.5 Å². The van der Waals surface area contributed by atoms with Crippen LogP contribution in [0.5, 0.6) is 0 Å². The number of aliphatic hydroxyl groups is 1. The second-order valence-electron chi connectivity index (χ2n) is 7.64. The largest absolute Gasteiger partial charge is 0.505 e. The molecule has 0 bridgehead atoms. The van der Waals surface area contributed by atoms with E-state index in [0.717, 1.165) is 11.0 Å². The number of aliphatic hydroxyl groups excluding tert-OH is 1. The second kappa shape index (κ2) is 8.05. The Morgan fingerprint density at radius 3 is 2.58 bits per heavy atom. The molecule has 3 heterocycles. The van der Waals surface area contributed by atoms with E-state index in [2.05, 4.69) is 10.1 Å². The first-order chi connectivity index (χ1) is 15.6. The number of ether oxygens (including phenoxy) is 1. The van der Waals surface area contributed by atoms with Crippen LogP contribution in [0.1, 0.15) is 44.7 Å². The van der Waals surface area contributed by atoms with E-state index < -0.39 is 35.3 Å². The van der Waals surface area contributed by atoms with Crippen molar-refractivity contribution in [3.63, 3.8) is 0 Å². The number of aryl methyl sites for hydroxylation is 2. The molecule has 1 amide bonds. The summed E-state index contributed by atoms with van der Waals surface area (Å²) in [7, 11) is 1.23. The highest BCUT2D eigenvalue weighted by molar-refractivity contribution is 6.51. The summed E-state index contributed by atoms with van der Waals surface area (Å²) in [6.07, 6.45) is 0. The van der Waals surface area contributed by atoms with Crippen molar-refractivity contribution >= 4 is 29.2 Å². The molecule has 0 radical (unpaired) electrons. The molecule has 10 heteroatoms. The standard InChI is InChI=1S/C23H20FN3O6/c1-10-8-15(26-33-10)27-19(13-6-5-7-14(24)9-13)17(21(29)22(27)30)20(28)18-11(2)16(12(3)25-18)23(31)32-4/h5-9,19,25,28H,1-4H3/b20-17+. The smallest absolute Gasteiger partial charge is 0.339 e. The van der Waals surface area contributed by atoms with E-state index in [0.29, 0.717) is 17.0 Å². The van der Waals surface area contributed by atoms with Crippen LogP contribution >= 0.6 is 0 Å². The highest BCUT2D eigenvalue weighted by Crippen LogP contribution is 2.42. The molecule has 1 unspecified atom stereocenters. The minimum atomic E-state index is -1.19. The number of nitrogens with zero attached hydrogens (tertiary/aromatic N) is 2. The topological polar surface area (TPSA) is 126 Å². The van der Waals surface area contributed by atoms with Gasteiger partial charge in [-0.1, -0.05) is 17.3 Å². The number of anilines is 1. The Hall–Kier alpha value is -4.21. The van der Waals surface area contributed by atoms with E-state index in [1.807, 2.05) is 0 Å². The molecule has 33 heavy (non-hydrogen) atoms. The lowest BCUT2D eigenvalue weighted by molar-refractivity contribution is -0.132. The van der Waals surface area contributed by atoms with E-state index in [9.17, 15) is 23.9 Å². The Morgan fingerprint density at radius 2 is 1.97 bits per heavy atom. The molecule has 2 aromatic heterocycles. The van der Waals surface area contributed by atoms with E-state index in [1.165, 1.54) is 31.4 Å². The molecule has 0 aliphatic carbocycles. The second-order valence-corrected chi connectivity index (χ2v) is 7.64. The van der Waals surface area contributed by atoms with Crippen LogP contribution in [-0.4, -0.2) is 40.0 Å². The lowest BCUT2D eigenvalue weighted by Gasteiger charge is -2.22. The molecule has 1 atom stereocenters. The van der Waals surface area contributed by atoms with Crippen molar-refractivity contribution < 1.29 is 33.1 Å². The number of methoxy groups -OCH3 is 1. The summed E-state index contributed by atoms with van der Waals surface area (Å²) in [5, 5.41) is 15.0. The summed E-state index contributed by atoms with van der Waals surface area (Å²) < 4.78 is 23.9. The van der Waals surface area contributed by atoms with Gasteiger partial charge in [0.05, 0.1) is 30.0 Å². The van der Waals surface area contributed by atoms with Crippen molar-refractivity contribution in [2.75, 3.05) is 12.0 Å². The highest BCUT2D eigenvalue weighted by Gasteiger charge is 2.48. The molecular formula is C23H20FN3O6. The quantitative estimate of drug-likeness (QED) is 0.268. The Bertz CT molecular complexity index is 1340. The molecule has 3 aromatic rings. The zero-order valence-electron chi connectivity index (χ0n) is 18.2. The Morgan fingerprint density at radius 1 is 1.24 bits per heavy atom. The number of carbonyl (C=O) groups excluding carboxylic acids is 3. The first-order valence-electron chi connectivity index (χ1n) is 9.93. The number of halogens is 1. The highest BCUT2D eigenvalue weighted by atomic mass is 19.1. The molecule has 1 aliphatic heterocycles. The molecule has 9 nitrogen and oxygen atoms in total. The van der Waals surface area contributed by atoms with Crippen molar-refractivity contribution in [3.05, 3.63) is 75.6 Å². The first kappa shape index (κ1) is 22.0. The van der Waals surface area contributed by atoms with Gasteiger partial charge in [0.15, 0.2) is 5.82 Å². The number of benzene rings is 1. The van der Waals surface area contributed by atoms with Gasteiger partial charge in [-0.05, 0) is 44.0 Å². The van der Waals surface area contributed by atoms with Gasteiger partial charge in [0.2, 0.25) is 0 Å². The number of rotatable bonds is 4. The number of aromatic amines is 1. The minimum Gasteiger partial charge on any atom is -0.505 e. The Balaban J connectivity index is 1.97. The van der Waals surface area contributed by atoms with E-state index in [1.54, 1.807) is 20.8 Å². The summed E-state index contributed by atoms with van der Waals surface area (Å²) in [6.45, 7) is 4.79. The summed E-state index contributed by atoms with van der Waals surface area (Å²) >= 11 is 0. The molecule has 1 aromatic carbocycles. The van der Waals surface area contributed by atoms with Crippen LogP contribution in [0.4, 0.5) is 10.2 Å². The van der Waals surface area contributed by atoms with Crippen LogP contribution in [-0.2, 0) is 14.3 Å². The number of H-pyrrole nitrogens is 1. The molecule has 170 valence electrons. The number of aromatic nitrogens is 2. The van der Waals surface area contributed by atoms with Crippen LogP contribution in [0.2, 0.25) is 0 Å². The van der Waals surface area contributed by atoms with Gasteiger partial charge < -0.3 is 19.4 Å². The third-order valence-corrected chi connectivity index (χ3v) is 5.54. The van der Waals surface area contributed by atoms with Crippen molar-refractivity contribution in [1.29, 1.82) is 0 Å². The number of carbonyl (C=O) groups is 3. The molecule has 4 rings (SSSR count). The lowest BCUT2D eigenvalue weighted by atomic mass is 9.95. The fourth-order valence-corrected chi connectivity index (χ4v) is 4.06. The van der Waals surface area contributed by atoms with Gasteiger partial charge >= 0.3 is 11.9 Å². The van der Waals surface area contributed by atoms with Gasteiger partial charge in [-0.15, -0.1) is 0 Å². The van der Waals surface area contributed by atoms with Gasteiger partial charge in [0, 0.05) is 11.8 Å². The Kier molecular flexibility index (Phi) is 5.36. The predicted octanol–water partition coefficient (Wildman–Crippen LogP) is 3.48. The van der Waals surface area contributed by atoms with E-state index in [4.69, 9.17) is 9.26 Å². The van der Waals surface area contributed by atoms with Crippen molar-refractivity contribution in [2.24, 2.45) is 0 Å². The third kappa shape index (κ3) is 3.49. The third-order valence-electron chi connectivity index (χ3n) is 5.54. The molecular weight excluding hydrogens is 433 g/mol. The van der Waals surface area contributed by atoms with Crippen molar-refractivity contribution in [3.8, 4) is 0 Å². The SMILES string of the molecule is COC(=O)c1c(C)[nH]c(/C(O)=C2\C(=O)C(=O)N(c3cc(C)on3)C2c2cccc(F)c2)c1C. The van der Waals surface area contributed by atoms with E-state index in [-0.39, 0.29) is 28.2 Å². The number of amides is 1. The average Bonchev–Trinajstić information content (AvgIpc) is 3.41. The summed E-state index contributed by atoms with van der Waals surface area (Å²) in [5.41, 5.74) is 0.965. The minimum absolute atomic E-state index is 0.0394. The molecule has 0 spiro atoms. The maximum Gasteiger partial charge on any atom is 0.339 e. The monoisotopic (exact) mass is 453 g/mol. The maximum absolute atomic E-state index is 14.1. The predicted molar refractivity (Wildman–Crippen MR) is 114 cm³/mol. The number of hydrogen-bond donors (Lipinski definition) is 2. The number of hydrogen-bond acceptors (Lipinski definition) is 7. The van der Waals surface area contributed by atoms with Gasteiger partial charge in [0.25, 0.3) is 5.78 Å². The zero-order chi connectivity index (χ0) is 24.0. The zero-order valence-corrected chi connectivity index (χ0v) is 18.2.